The number of hydrogen-bond donors (Lipinski definition) is 0. The van der Waals surface area contributed by atoms with E-state index >= 15 is 0 Å². The highest BCUT2D eigenvalue weighted by molar-refractivity contribution is 7.49. The van der Waals surface area contributed by atoms with Gasteiger partial charge in [-0.1, -0.05) is 24.1 Å². The van der Waals surface area contributed by atoms with Gasteiger partial charge in [-0.2, -0.15) is 0 Å². The summed E-state index contributed by atoms with van der Waals surface area (Å²) in [6, 6.07) is 8.90. The van der Waals surface area contributed by atoms with Gasteiger partial charge in [0.05, 0.1) is 13.2 Å². The van der Waals surface area contributed by atoms with Crippen LogP contribution in [0.4, 0.5) is 0 Å². The lowest BCUT2D eigenvalue weighted by atomic mass is 10.2. The monoisotopic (exact) mass is 282 g/mol. The third-order valence-electron chi connectivity index (χ3n) is 1.85. The van der Waals surface area contributed by atoms with Crippen molar-refractivity contribution >= 4 is 13.8 Å². The van der Waals surface area contributed by atoms with Crippen molar-refractivity contribution in [3.63, 3.8) is 0 Å². The molecule has 0 atom stereocenters. The first kappa shape index (κ1) is 15.5. The number of carbonyl (C=O) groups is 1. The second-order valence-electron chi connectivity index (χ2n) is 3.28. The van der Waals surface area contributed by atoms with E-state index in [9.17, 15) is 9.36 Å². The average molecular weight is 282 g/mol. The Bertz CT molecular complexity index is 505. The molecule has 0 aliphatic rings. The molecule has 0 radical (unpaired) electrons. The van der Waals surface area contributed by atoms with Crippen LogP contribution in [0.5, 0.6) is 0 Å². The molecule has 0 bridgehead atoms. The van der Waals surface area contributed by atoms with Crippen LogP contribution < -0.4 is 0 Å². The standard InChI is InChI=1S/C13H15O5P/c1-3-16-19(15,17-4-2)18-13(14)11-10-12-8-6-5-7-9-12/h5-9H,3-4H2,1-2H3. The Hall–Kier alpha value is -1.60. The SMILES string of the molecule is CCOP(=O)(OCC)OC(=O)C#Cc1ccccc1. The Kier molecular flexibility index (Phi) is 6.31. The van der Waals surface area contributed by atoms with Crippen molar-refractivity contribution in [2.75, 3.05) is 13.2 Å². The highest BCUT2D eigenvalue weighted by atomic mass is 31.2. The zero-order chi connectivity index (χ0) is 14.1. The van der Waals surface area contributed by atoms with Crippen LogP contribution in [0.15, 0.2) is 30.3 Å². The third-order valence-corrected chi connectivity index (χ3v) is 3.39. The van der Waals surface area contributed by atoms with Crippen molar-refractivity contribution in [2.24, 2.45) is 0 Å². The van der Waals surface area contributed by atoms with Gasteiger partial charge in [0.25, 0.3) is 0 Å². The van der Waals surface area contributed by atoms with Crippen LogP contribution in [0, 0.1) is 11.8 Å². The summed E-state index contributed by atoms with van der Waals surface area (Å²) in [4.78, 5) is 11.5. The molecule has 0 aliphatic heterocycles. The second-order valence-corrected chi connectivity index (χ2v) is 4.87. The molecule has 0 aliphatic carbocycles. The fourth-order valence-electron chi connectivity index (χ4n) is 1.18. The van der Waals surface area contributed by atoms with E-state index in [1.54, 1.807) is 38.1 Å². The van der Waals surface area contributed by atoms with Gasteiger partial charge in [0.1, 0.15) is 0 Å². The third kappa shape index (κ3) is 5.71. The van der Waals surface area contributed by atoms with Crippen LogP contribution in [0.25, 0.3) is 0 Å². The Labute approximate surface area is 112 Å². The number of rotatable bonds is 5. The van der Waals surface area contributed by atoms with Gasteiger partial charge in [-0.05, 0) is 26.0 Å². The first-order chi connectivity index (χ1) is 9.09. The zero-order valence-corrected chi connectivity index (χ0v) is 11.7. The first-order valence-electron chi connectivity index (χ1n) is 5.79. The van der Waals surface area contributed by atoms with E-state index in [-0.39, 0.29) is 13.2 Å². The van der Waals surface area contributed by atoms with Gasteiger partial charge < -0.3 is 4.52 Å². The summed E-state index contributed by atoms with van der Waals surface area (Å²) in [6.45, 7) is 3.46. The molecule has 0 unspecified atom stereocenters. The fourth-order valence-corrected chi connectivity index (χ4v) is 2.24. The minimum atomic E-state index is -3.85. The lowest BCUT2D eigenvalue weighted by molar-refractivity contribution is -0.129. The molecule has 1 aromatic rings. The van der Waals surface area contributed by atoms with Crippen LogP contribution in [0.2, 0.25) is 0 Å². The summed E-state index contributed by atoms with van der Waals surface area (Å²) >= 11 is 0. The van der Waals surface area contributed by atoms with Gasteiger partial charge >= 0.3 is 13.8 Å². The van der Waals surface area contributed by atoms with Crippen molar-refractivity contribution in [2.45, 2.75) is 13.8 Å². The number of carbonyl (C=O) groups excluding carboxylic acids is 1. The van der Waals surface area contributed by atoms with E-state index in [0.29, 0.717) is 5.56 Å². The number of phosphoric acid groups is 1. The van der Waals surface area contributed by atoms with E-state index in [1.807, 2.05) is 6.07 Å². The number of phosphoric ester groups is 1. The Morgan fingerprint density at radius 1 is 1.16 bits per heavy atom. The first-order valence-corrected chi connectivity index (χ1v) is 7.25. The summed E-state index contributed by atoms with van der Waals surface area (Å²) in [5.41, 5.74) is 0.655. The largest absolute Gasteiger partial charge is 0.532 e. The highest BCUT2D eigenvalue weighted by Crippen LogP contribution is 2.49. The molecule has 0 heterocycles. The van der Waals surface area contributed by atoms with Gasteiger partial charge in [-0.3, -0.25) is 9.05 Å². The minimum Gasteiger partial charge on any atom is -0.360 e. The molecule has 0 saturated carbocycles. The normalized spacial score (nSPS) is 10.4. The van der Waals surface area contributed by atoms with E-state index in [0.717, 1.165) is 0 Å². The maximum atomic E-state index is 11.9. The molecule has 0 N–H and O–H groups in total. The molecule has 0 saturated heterocycles. The molecule has 19 heavy (non-hydrogen) atoms. The van der Waals surface area contributed by atoms with Crippen molar-refractivity contribution in [3.05, 3.63) is 35.9 Å². The Morgan fingerprint density at radius 2 is 1.74 bits per heavy atom. The summed E-state index contributed by atoms with van der Waals surface area (Å²) in [5, 5.41) is 0. The molecule has 1 rings (SSSR count). The molecule has 0 spiro atoms. The van der Waals surface area contributed by atoms with Gasteiger partial charge in [0.15, 0.2) is 0 Å². The highest BCUT2D eigenvalue weighted by Gasteiger charge is 2.29. The minimum absolute atomic E-state index is 0.108. The van der Waals surface area contributed by atoms with Crippen LogP contribution >= 0.6 is 7.82 Å². The predicted molar refractivity (Wildman–Crippen MR) is 70.3 cm³/mol. The predicted octanol–water partition coefficient (Wildman–Crippen LogP) is 2.76. The number of hydrogen-bond acceptors (Lipinski definition) is 5. The molecule has 1 aromatic carbocycles. The molecule has 6 heteroatoms. The summed E-state index contributed by atoms with van der Waals surface area (Å²) in [7, 11) is -3.85. The van der Waals surface area contributed by atoms with Crippen molar-refractivity contribution in [1.82, 2.24) is 0 Å². The van der Waals surface area contributed by atoms with Crippen LogP contribution in [0.1, 0.15) is 19.4 Å². The average Bonchev–Trinajstić information content (AvgIpc) is 2.38. The van der Waals surface area contributed by atoms with Crippen molar-refractivity contribution < 1.29 is 22.9 Å². The summed E-state index contributed by atoms with van der Waals surface area (Å²) < 4.78 is 26.1. The van der Waals surface area contributed by atoms with Gasteiger partial charge in [0, 0.05) is 11.5 Å². The van der Waals surface area contributed by atoms with Crippen molar-refractivity contribution in [3.8, 4) is 11.8 Å². The van der Waals surface area contributed by atoms with E-state index in [4.69, 9.17) is 9.05 Å². The molecule has 5 nitrogen and oxygen atoms in total. The van der Waals surface area contributed by atoms with E-state index in [1.165, 1.54) is 0 Å². The molecule has 0 fully saturated rings. The topological polar surface area (TPSA) is 61.8 Å². The van der Waals surface area contributed by atoms with Crippen LogP contribution in [-0.4, -0.2) is 19.2 Å². The zero-order valence-electron chi connectivity index (χ0n) is 10.8. The fraction of sp³-hybridized carbons (Fsp3) is 0.308. The van der Waals surface area contributed by atoms with Gasteiger partial charge in [0.2, 0.25) is 0 Å². The maximum absolute atomic E-state index is 11.9. The maximum Gasteiger partial charge on any atom is 0.532 e. The number of benzene rings is 1. The van der Waals surface area contributed by atoms with Gasteiger partial charge in [-0.15, -0.1) is 0 Å². The van der Waals surface area contributed by atoms with Gasteiger partial charge in [-0.25, -0.2) is 9.36 Å². The second kappa shape index (κ2) is 7.75. The van der Waals surface area contributed by atoms with E-state index in [2.05, 4.69) is 16.4 Å². The lowest BCUT2D eigenvalue weighted by Gasteiger charge is -2.13. The molecular formula is C13H15O5P. The van der Waals surface area contributed by atoms with Crippen molar-refractivity contribution in [1.29, 1.82) is 0 Å². The Balaban J connectivity index is 2.69. The molecule has 102 valence electrons. The molecular weight excluding hydrogens is 267 g/mol. The van der Waals surface area contributed by atoms with Crippen LogP contribution in [-0.2, 0) is 22.9 Å². The summed E-state index contributed by atoms with van der Waals surface area (Å²) in [6.07, 6.45) is 0. The van der Waals surface area contributed by atoms with Crippen LogP contribution in [0.3, 0.4) is 0 Å². The van der Waals surface area contributed by atoms with E-state index < -0.39 is 13.8 Å². The smallest absolute Gasteiger partial charge is 0.360 e. The quantitative estimate of drug-likeness (QED) is 0.614. The summed E-state index contributed by atoms with van der Waals surface area (Å²) in [5.74, 6) is 3.87. The molecule has 0 amide bonds. The lowest BCUT2D eigenvalue weighted by Crippen LogP contribution is -2.05. The Morgan fingerprint density at radius 3 is 2.26 bits per heavy atom. The molecule has 0 aromatic heterocycles.